The summed E-state index contributed by atoms with van der Waals surface area (Å²) in [5, 5.41) is 23.6. The molecule has 0 aliphatic carbocycles. The lowest BCUT2D eigenvalue weighted by Gasteiger charge is -2.46. The monoisotopic (exact) mass is 497 g/mol. The number of allylic oxidation sites excluding steroid dienone is 1. The maximum absolute atomic E-state index is 10.9. The van der Waals surface area contributed by atoms with Crippen LogP contribution in [-0.2, 0) is 0 Å². The molecular formula is C29H35N7O. The lowest BCUT2D eigenvalue weighted by molar-refractivity contribution is 0.124. The number of piperidine rings is 1. The molecule has 1 aliphatic rings. The van der Waals surface area contributed by atoms with Gasteiger partial charge in [-0.25, -0.2) is 9.67 Å². The van der Waals surface area contributed by atoms with E-state index in [2.05, 4.69) is 77.7 Å². The van der Waals surface area contributed by atoms with Crippen LogP contribution < -0.4 is 5.32 Å². The Morgan fingerprint density at radius 3 is 2.51 bits per heavy atom. The van der Waals surface area contributed by atoms with Crippen molar-refractivity contribution in [2.24, 2.45) is 0 Å². The van der Waals surface area contributed by atoms with Gasteiger partial charge in [0.05, 0.1) is 29.8 Å². The molecule has 4 heterocycles. The third-order valence-electron chi connectivity index (χ3n) is 6.87. The summed E-state index contributed by atoms with van der Waals surface area (Å²) in [6, 6.07) is 6.00. The van der Waals surface area contributed by atoms with Crippen LogP contribution in [0.3, 0.4) is 0 Å². The SMILES string of the molecule is C#C.C/C(=C\c1nnn(C2CC(C)(C)NC(C)(C)C2)c1C)c1ccc(-c2cnc3cnccn23)cc1O. The molecule has 0 spiro atoms. The zero-order valence-corrected chi connectivity index (χ0v) is 22.4. The van der Waals surface area contributed by atoms with E-state index >= 15 is 0 Å². The van der Waals surface area contributed by atoms with E-state index in [0.29, 0.717) is 0 Å². The number of hydrogen-bond acceptors (Lipinski definition) is 6. The summed E-state index contributed by atoms with van der Waals surface area (Å²) in [5.41, 5.74) is 6.17. The van der Waals surface area contributed by atoms with Crippen molar-refractivity contribution in [3.8, 4) is 29.9 Å². The van der Waals surface area contributed by atoms with Crippen LogP contribution in [0.4, 0.5) is 0 Å². The molecule has 37 heavy (non-hydrogen) atoms. The average molecular weight is 498 g/mol. The predicted octanol–water partition coefficient (Wildman–Crippen LogP) is 5.29. The molecule has 1 fully saturated rings. The molecule has 5 rings (SSSR count). The first-order valence-corrected chi connectivity index (χ1v) is 12.4. The lowest BCUT2D eigenvalue weighted by atomic mass is 9.79. The molecule has 4 aromatic rings. The van der Waals surface area contributed by atoms with Gasteiger partial charge < -0.3 is 10.4 Å². The number of hydrogen-bond donors (Lipinski definition) is 2. The lowest BCUT2D eigenvalue weighted by Crippen LogP contribution is -2.58. The van der Waals surface area contributed by atoms with E-state index in [1.807, 2.05) is 35.7 Å². The molecule has 0 unspecified atom stereocenters. The molecule has 1 aliphatic heterocycles. The van der Waals surface area contributed by atoms with Gasteiger partial charge in [0, 0.05) is 34.6 Å². The first-order chi connectivity index (χ1) is 17.5. The van der Waals surface area contributed by atoms with Crippen LogP contribution in [0.2, 0.25) is 0 Å². The maximum Gasteiger partial charge on any atom is 0.155 e. The van der Waals surface area contributed by atoms with E-state index in [4.69, 9.17) is 0 Å². The Kier molecular flexibility index (Phi) is 6.94. The number of phenols is 1. The number of imidazole rings is 1. The number of phenolic OH excluding ortho intramolecular Hbond substituents is 1. The first-order valence-electron chi connectivity index (χ1n) is 12.4. The topological polar surface area (TPSA) is 93.2 Å². The van der Waals surface area contributed by atoms with Gasteiger partial charge in [-0.3, -0.25) is 9.38 Å². The predicted molar refractivity (Wildman–Crippen MR) is 148 cm³/mol. The zero-order chi connectivity index (χ0) is 27.0. The van der Waals surface area contributed by atoms with Crippen LogP contribution in [0, 0.1) is 19.8 Å². The molecule has 3 aromatic heterocycles. The van der Waals surface area contributed by atoms with Crippen molar-refractivity contribution >= 4 is 17.3 Å². The van der Waals surface area contributed by atoms with Gasteiger partial charge in [-0.1, -0.05) is 17.3 Å². The van der Waals surface area contributed by atoms with Crippen LogP contribution in [0.15, 0.2) is 43.0 Å². The summed E-state index contributed by atoms with van der Waals surface area (Å²) in [6.45, 7) is 13.0. The Bertz CT molecular complexity index is 1460. The third kappa shape index (κ3) is 5.27. The van der Waals surface area contributed by atoms with Crippen LogP contribution in [0.5, 0.6) is 5.75 Å². The van der Waals surface area contributed by atoms with Gasteiger partial charge in [0.2, 0.25) is 0 Å². The molecule has 0 amide bonds. The average Bonchev–Trinajstić information content (AvgIpc) is 3.42. The fourth-order valence-electron chi connectivity index (χ4n) is 5.64. The van der Waals surface area contributed by atoms with E-state index in [9.17, 15) is 5.11 Å². The Morgan fingerprint density at radius 1 is 1.14 bits per heavy atom. The summed E-state index contributed by atoms with van der Waals surface area (Å²) < 4.78 is 4.03. The van der Waals surface area contributed by atoms with Crippen molar-refractivity contribution < 1.29 is 5.11 Å². The van der Waals surface area contributed by atoms with Crippen molar-refractivity contribution in [2.75, 3.05) is 0 Å². The number of nitrogens with zero attached hydrogens (tertiary/aromatic N) is 6. The number of benzene rings is 1. The molecular weight excluding hydrogens is 462 g/mol. The van der Waals surface area contributed by atoms with E-state index in [1.54, 1.807) is 24.7 Å². The van der Waals surface area contributed by atoms with Gasteiger partial charge in [0.15, 0.2) is 5.65 Å². The van der Waals surface area contributed by atoms with E-state index in [0.717, 1.165) is 52.3 Å². The molecule has 8 nitrogen and oxygen atoms in total. The van der Waals surface area contributed by atoms with Crippen LogP contribution in [0.1, 0.15) is 70.5 Å². The van der Waals surface area contributed by atoms with Crippen molar-refractivity contribution in [3.63, 3.8) is 0 Å². The van der Waals surface area contributed by atoms with Crippen molar-refractivity contribution in [1.29, 1.82) is 0 Å². The zero-order valence-electron chi connectivity index (χ0n) is 22.4. The normalized spacial score (nSPS) is 17.4. The van der Waals surface area contributed by atoms with Gasteiger partial charge in [0.25, 0.3) is 0 Å². The van der Waals surface area contributed by atoms with Crippen LogP contribution >= 0.6 is 0 Å². The van der Waals surface area contributed by atoms with Crippen LogP contribution in [0.25, 0.3) is 28.6 Å². The number of terminal acetylenes is 1. The second-order valence-electron chi connectivity index (χ2n) is 11.0. The Balaban J connectivity index is 0.00000156. The summed E-state index contributed by atoms with van der Waals surface area (Å²) in [6.07, 6.45) is 19.1. The molecule has 2 N–H and O–H groups in total. The Morgan fingerprint density at radius 2 is 1.84 bits per heavy atom. The van der Waals surface area contributed by atoms with E-state index < -0.39 is 0 Å². The summed E-state index contributed by atoms with van der Waals surface area (Å²) in [5.74, 6) is 0.215. The van der Waals surface area contributed by atoms with Gasteiger partial charge in [-0.2, -0.15) is 0 Å². The molecule has 0 saturated carbocycles. The minimum absolute atomic E-state index is 0.0294. The van der Waals surface area contributed by atoms with Crippen molar-refractivity contribution in [1.82, 2.24) is 34.7 Å². The quantitative estimate of drug-likeness (QED) is 0.372. The molecule has 8 heteroatoms. The minimum atomic E-state index is 0.0294. The van der Waals surface area contributed by atoms with Gasteiger partial charge in [-0.05, 0) is 72.1 Å². The fraction of sp³-hybridized carbons (Fsp3) is 0.379. The molecule has 0 atom stereocenters. The molecule has 1 saturated heterocycles. The van der Waals surface area contributed by atoms with Crippen LogP contribution in [-0.4, -0.2) is 45.5 Å². The van der Waals surface area contributed by atoms with Crippen molar-refractivity contribution in [3.05, 3.63) is 59.9 Å². The molecule has 0 radical (unpaired) electrons. The van der Waals surface area contributed by atoms with E-state index in [-0.39, 0.29) is 22.9 Å². The smallest absolute Gasteiger partial charge is 0.155 e. The second kappa shape index (κ2) is 9.83. The Hall–Kier alpha value is -3.96. The van der Waals surface area contributed by atoms with Gasteiger partial charge in [-0.15, -0.1) is 17.9 Å². The summed E-state index contributed by atoms with van der Waals surface area (Å²) >= 11 is 0. The third-order valence-corrected chi connectivity index (χ3v) is 6.87. The molecule has 0 bridgehead atoms. The largest absolute Gasteiger partial charge is 0.507 e. The minimum Gasteiger partial charge on any atom is -0.507 e. The summed E-state index contributed by atoms with van der Waals surface area (Å²) in [4.78, 5) is 8.50. The highest BCUT2D eigenvalue weighted by molar-refractivity contribution is 5.83. The highest BCUT2D eigenvalue weighted by Gasteiger charge is 2.39. The highest BCUT2D eigenvalue weighted by Crippen LogP contribution is 2.37. The van der Waals surface area contributed by atoms with Gasteiger partial charge >= 0.3 is 0 Å². The van der Waals surface area contributed by atoms with E-state index in [1.165, 1.54) is 0 Å². The fourth-order valence-corrected chi connectivity index (χ4v) is 5.64. The Labute approximate surface area is 218 Å². The molecule has 1 aromatic carbocycles. The number of rotatable bonds is 4. The standard InChI is InChI=1S/C27H33N7O.C2H2/c1-17(11-22-18(2)34(32-30-22)20-13-26(3,4)31-27(5,6)14-20)21-8-7-19(12-24(21)35)23-15-29-25-16-28-9-10-33(23)25;1-2/h7-12,15-16,20,31,35H,13-14H2,1-6H3;1-2H/b17-11+;. The number of aromatic hydroxyl groups is 1. The maximum atomic E-state index is 10.9. The number of fused-ring (bicyclic) bond motifs is 1. The van der Waals surface area contributed by atoms with Gasteiger partial charge in [0.1, 0.15) is 11.4 Å². The van der Waals surface area contributed by atoms with Crippen molar-refractivity contribution in [2.45, 2.75) is 71.5 Å². The number of aromatic nitrogens is 6. The second-order valence-corrected chi connectivity index (χ2v) is 11.0. The molecule has 192 valence electrons. The highest BCUT2D eigenvalue weighted by atomic mass is 16.3. The first kappa shape index (κ1) is 26.1. The summed E-state index contributed by atoms with van der Waals surface area (Å²) in [7, 11) is 0. The number of nitrogens with one attached hydrogen (secondary N) is 1.